The van der Waals surface area contributed by atoms with Crippen molar-refractivity contribution in [2.75, 3.05) is 0 Å². The van der Waals surface area contributed by atoms with E-state index in [1.165, 1.54) is 12.1 Å². The highest BCUT2D eigenvalue weighted by Crippen LogP contribution is 2.24. The fraction of sp³-hybridized carbons (Fsp3) is 0. The second-order valence-electron chi connectivity index (χ2n) is 4.49. The Balaban J connectivity index is 1.95. The zero-order chi connectivity index (χ0) is 15.5. The molecule has 0 radical (unpaired) electrons. The van der Waals surface area contributed by atoms with E-state index in [4.69, 9.17) is 14.8 Å². The van der Waals surface area contributed by atoms with Crippen LogP contribution in [0.15, 0.2) is 52.9 Å². The van der Waals surface area contributed by atoms with E-state index < -0.39 is 5.97 Å². The Kier molecular flexibility index (Phi) is 3.38. The van der Waals surface area contributed by atoms with Gasteiger partial charge < -0.3 is 9.52 Å². The molecule has 3 rings (SSSR count). The molecule has 6 heteroatoms. The first kappa shape index (κ1) is 13.5. The molecule has 0 aliphatic carbocycles. The molecule has 0 saturated heterocycles. The van der Waals surface area contributed by atoms with Crippen LogP contribution in [-0.4, -0.2) is 21.3 Å². The van der Waals surface area contributed by atoms with Gasteiger partial charge >= 0.3 is 5.97 Å². The lowest BCUT2D eigenvalue weighted by Gasteiger charge is -1.97. The molecule has 1 aromatic heterocycles. The summed E-state index contributed by atoms with van der Waals surface area (Å²) in [7, 11) is 0. The number of hydrogen-bond acceptors (Lipinski definition) is 5. The molecular weight excluding hydrogens is 282 g/mol. The van der Waals surface area contributed by atoms with Crippen LogP contribution in [0.25, 0.3) is 22.9 Å². The number of carboxylic acids is 1. The zero-order valence-electron chi connectivity index (χ0n) is 11.2. The van der Waals surface area contributed by atoms with Gasteiger partial charge in [-0.25, -0.2) is 4.79 Å². The minimum atomic E-state index is -1.02. The minimum Gasteiger partial charge on any atom is -0.478 e. The van der Waals surface area contributed by atoms with Crippen molar-refractivity contribution in [1.29, 1.82) is 5.26 Å². The molecule has 0 unspecified atom stereocenters. The third-order valence-corrected chi connectivity index (χ3v) is 3.04. The molecule has 0 bridgehead atoms. The summed E-state index contributed by atoms with van der Waals surface area (Å²) in [6, 6.07) is 15.0. The molecule has 1 N–H and O–H groups in total. The molecule has 1 heterocycles. The standard InChI is InChI=1S/C16H9N3O3/c17-9-10-4-6-11(7-5-10)14-18-19-15(22-14)12-2-1-3-13(8-12)16(20)21/h1-8H,(H,20,21). The van der Waals surface area contributed by atoms with Gasteiger partial charge in [-0.1, -0.05) is 6.07 Å². The summed E-state index contributed by atoms with van der Waals surface area (Å²) in [4.78, 5) is 11.0. The number of benzene rings is 2. The second-order valence-corrected chi connectivity index (χ2v) is 4.49. The van der Waals surface area contributed by atoms with Crippen LogP contribution < -0.4 is 0 Å². The highest BCUT2D eigenvalue weighted by Gasteiger charge is 2.12. The van der Waals surface area contributed by atoms with Crippen LogP contribution in [0.2, 0.25) is 0 Å². The normalized spacial score (nSPS) is 10.1. The molecule has 0 saturated carbocycles. The number of nitrogens with zero attached hydrogens (tertiary/aromatic N) is 3. The molecule has 0 amide bonds. The van der Waals surface area contributed by atoms with Crippen LogP contribution in [-0.2, 0) is 0 Å². The summed E-state index contributed by atoms with van der Waals surface area (Å²) in [5.74, 6) is -0.476. The van der Waals surface area contributed by atoms with Gasteiger partial charge in [-0.15, -0.1) is 10.2 Å². The molecule has 3 aromatic rings. The maximum Gasteiger partial charge on any atom is 0.335 e. The van der Waals surface area contributed by atoms with E-state index in [2.05, 4.69) is 10.2 Å². The maximum atomic E-state index is 11.0. The lowest BCUT2D eigenvalue weighted by Crippen LogP contribution is -1.95. The molecule has 22 heavy (non-hydrogen) atoms. The van der Waals surface area contributed by atoms with Gasteiger partial charge in [0.15, 0.2) is 0 Å². The van der Waals surface area contributed by atoms with Crippen LogP contribution in [0, 0.1) is 11.3 Å². The summed E-state index contributed by atoms with van der Waals surface area (Å²) >= 11 is 0. The molecule has 0 aliphatic rings. The predicted molar refractivity (Wildman–Crippen MR) is 76.8 cm³/mol. The van der Waals surface area contributed by atoms with E-state index in [0.29, 0.717) is 22.6 Å². The van der Waals surface area contributed by atoms with Crippen molar-refractivity contribution in [3.05, 3.63) is 59.7 Å². The van der Waals surface area contributed by atoms with E-state index in [9.17, 15) is 4.79 Å². The fourth-order valence-electron chi connectivity index (χ4n) is 1.93. The van der Waals surface area contributed by atoms with Gasteiger partial charge in [0.05, 0.1) is 17.2 Å². The number of aromatic carboxylic acids is 1. The van der Waals surface area contributed by atoms with Crippen molar-refractivity contribution in [1.82, 2.24) is 10.2 Å². The van der Waals surface area contributed by atoms with E-state index in [1.54, 1.807) is 36.4 Å². The third-order valence-electron chi connectivity index (χ3n) is 3.04. The number of nitriles is 1. The first-order valence-electron chi connectivity index (χ1n) is 6.35. The number of carboxylic acid groups (broad SMARTS) is 1. The monoisotopic (exact) mass is 291 g/mol. The summed E-state index contributed by atoms with van der Waals surface area (Å²) in [5.41, 5.74) is 1.91. The van der Waals surface area contributed by atoms with Crippen LogP contribution >= 0.6 is 0 Å². The lowest BCUT2D eigenvalue weighted by atomic mass is 10.1. The second kappa shape index (κ2) is 5.50. The summed E-state index contributed by atoms with van der Waals surface area (Å²) in [6.07, 6.45) is 0. The third kappa shape index (κ3) is 2.55. The van der Waals surface area contributed by atoms with Gasteiger partial charge in [-0.2, -0.15) is 5.26 Å². The van der Waals surface area contributed by atoms with E-state index in [0.717, 1.165) is 0 Å². The molecule has 2 aromatic carbocycles. The molecule has 0 atom stereocenters. The summed E-state index contributed by atoms with van der Waals surface area (Å²) in [5, 5.41) is 25.6. The van der Waals surface area contributed by atoms with Crippen LogP contribution in [0.3, 0.4) is 0 Å². The largest absolute Gasteiger partial charge is 0.478 e. The topological polar surface area (TPSA) is 100 Å². The number of carbonyl (C=O) groups is 1. The smallest absolute Gasteiger partial charge is 0.335 e. The highest BCUT2D eigenvalue weighted by atomic mass is 16.4. The first-order valence-corrected chi connectivity index (χ1v) is 6.35. The Morgan fingerprint density at radius 2 is 1.73 bits per heavy atom. The molecule has 106 valence electrons. The Labute approximate surface area is 125 Å². The quantitative estimate of drug-likeness (QED) is 0.796. The van der Waals surface area contributed by atoms with Crippen molar-refractivity contribution in [3.8, 4) is 29.0 Å². The molecule has 0 fully saturated rings. The van der Waals surface area contributed by atoms with Gasteiger partial charge in [0, 0.05) is 11.1 Å². The van der Waals surface area contributed by atoms with Gasteiger partial charge in [0.1, 0.15) is 0 Å². The number of rotatable bonds is 3. The Hall–Kier alpha value is -3.46. The van der Waals surface area contributed by atoms with Gasteiger partial charge in [0.25, 0.3) is 0 Å². The van der Waals surface area contributed by atoms with Gasteiger partial charge in [-0.3, -0.25) is 0 Å². The molecule has 0 spiro atoms. The lowest BCUT2D eigenvalue weighted by molar-refractivity contribution is 0.0697. The van der Waals surface area contributed by atoms with Gasteiger partial charge in [-0.05, 0) is 42.5 Å². The minimum absolute atomic E-state index is 0.149. The SMILES string of the molecule is N#Cc1ccc(-c2nnc(-c3cccc(C(=O)O)c3)o2)cc1. The Morgan fingerprint density at radius 1 is 1.05 bits per heavy atom. The van der Waals surface area contributed by atoms with Crippen LogP contribution in [0.1, 0.15) is 15.9 Å². The number of aromatic nitrogens is 2. The Morgan fingerprint density at radius 3 is 2.36 bits per heavy atom. The van der Waals surface area contributed by atoms with E-state index in [-0.39, 0.29) is 11.5 Å². The first-order chi connectivity index (χ1) is 10.7. The Bertz CT molecular complexity index is 876. The van der Waals surface area contributed by atoms with E-state index in [1.807, 2.05) is 6.07 Å². The summed E-state index contributed by atoms with van der Waals surface area (Å²) < 4.78 is 5.57. The number of hydrogen-bond donors (Lipinski definition) is 1. The summed E-state index contributed by atoms with van der Waals surface area (Å²) in [6.45, 7) is 0. The fourth-order valence-corrected chi connectivity index (χ4v) is 1.93. The predicted octanol–water partition coefficient (Wildman–Crippen LogP) is 2.97. The average molecular weight is 291 g/mol. The van der Waals surface area contributed by atoms with Crippen LogP contribution in [0.4, 0.5) is 0 Å². The van der Waals surface area contributed by atoms with Crippen molar-refractivity contribution < 1.29 is 14.3 Å². The van der Waals surface area contributed by atoms with Crippen molar-refractivity contribution in [3.63, 3.8) is 0 Å². The highest BCUT2D eigenvalue weighted by molar-refractivity contribution is 5.88. The maximum absolute atomic E-state index is 11.0. The average Bonchev–Trinajstić information content (AvgIpc) is 3.05. The van der Waals surface area contributed by atoms with Crippen LogP contribution in [0.5, 0.6) is 0 Å². The molecule has 6 nitrogen and oxygen atoms in total. The van der Waals surface area contributed by atoms with Gasteiger partial charge in [0.2, 0.25) is 11.8 Å². The van der Waals surface area contributed by atoms with Crippen molar-refractivity contribution >= 4 is 5.97 Å². The van der Waals surface area contributed by atoms with Crippen molar-refractivity contribution in [2.45, 2.75) is 0 Å². The molecular formula is C16H9N3O3. The molecule has 0 aliphatic heterocycles. The van der Waals surface area contributed by atoms with E-state index >= 15 is 0 Å². The zero-order valence-corrected chi connectivity index (χ0v) is 11.2. The van der Waals surface area contributed by atoms with Crippen molar-refractivity contribution in [2.24, 2.45) is 0 Å².